The molecule has 14 heavy (non-hydrogen) atoms. The molecule has 0 aromatic carbocycles. The van der Waals surface area contributed by atoms with Crippen molar-refractivity contribution in [3.63, 3.8) is 0 Å². The number of rotatable bonds is 5. The SMILES string of the molecule is C=C(C)C(=O)OC(C(C)O)N(O)CC. The number of aliphatic hydroxyl groups excluding tert-OH is 1. The summed E-state index contributed by atoms with van der Waals surface area (Å²) in [4.78, 5) is 11.1. The molecule has 0 saturated carbocycles. The molecule has 0 aliphatic rings. The molecule has 2 atom stereocenters. The Morgan fingerprint density at radius 3 is 2.43 bits per heavy atom. The number of ether oxygens (including phenoxy) is 1. The molecular weight excluding hydrogens is 186 g/mol. The van der Waals surface area contributed by atoms with Gasteiger partial charge in [-0.1, -0.05) is 6.58 Å². The topological polar surface area (TPSA) is 70.0 Å². The lowest BCUT2D eigenvalue weighted by molar-refractivity contribution is -0.236. The van der Waals surface area contributed by atoms with Crippen molar-refractivity contribution >= 4 is 5.97 Å². The summed E-state index contributed by atoms with van der Waals surface area (Å²) in [5.74, 6) is -0.636. The first-order valence-corrected chi connectivity index (χ1v) is 4.40. The molecule has 0 saturated heterocycles. The van der Waals surface area contributed by atoms with Crippen LogP contribution in [0.15, 0.2) is 12.2 Å². The molecule has 5 heteroatoms. The van der Waals surface area contributed by atoms with Gasteiger partial charge >= 0.3 is 5.97 Å². The Labute approximate surface area is 83.5 Å². The molecular formula is C9H17NO4. The monoisotopic (exact) mass is 203 g/mol. The van der Waals surface area contributed by atoms with E-state index < -0.39 is 18.3 Å². The zero-order valence-corrected chi connectivity index (χ0v) is 8.73. The second-order valence-electron chi connectivity index (χ2n) is 3.07. The van der Waals surface area contributed by atoms with Crippen LogP contribution in [-0.2, 0) is 9.53 Å². The quantitative estimate of drug-likeness (QED) is 0.295. The Morgan fingerprint density at radius 2 is 2.14 bits per heavy atom. The first kappa shape index (κ1) is 13.1. The summed E-state index contributed by atoms with van der Waals surface area (Å²) in [6.45, 7) is 8.24. The highest BCUT2D eigenvalue weighted by Gasteiger charge is 2.25. The Balaban J connectivity index is 4.38. The molecule has 0 heterocycles. The molecule has 0 rings (SSSR count). The molecule has 82 valence electrons. The molecule has 0 aromatic heterocycles. The summed E-state index contributed by atoms with van der Waals surface area (Å²) in [5, 5.41) is 19.3. The third kappa shape index (κ3) is 3.87. The zero-order valence-electron chi connectivity index (χ0n) is 8.73. The van der Waals surface area contributed by atoms with Gasteiger partial charge in [0.25, 0.3) is 0 Å². The average molecular weight is 203 g/mol. The van der Waals surface area contributed by atoms with Gasteiger partial charge in [-0.2, -0.15) is 5.06 Å². The van der Waals surface area contributed by atoms with E-state index in [1.165, 1.54) is 13.8 Å². The van der Waals surface area contributed by atoms with E-state index in [-0.39, 0.29) is 12.1 Å². The highest BCUT2D eigenvalue weighted by molar-refractivity contribution is 5.87. The Kier molecular flexibility index (Phi) is 5.37. The minimum absolute atomic E-state index is 0.222. The predicted molar refractivity (Wildman–Crippen MR) is 50.5 cm³/mol. The van der Waals surface area contributed by atoms with Crippen molar-refractivity contribution in [2.45, 2.75) is 33.1 Å². The molecule has 5 nitrogen and oxygen atoms in total. The molecule has 0 spiro atoms. The van der Waals surface area contributed by atoms with Crippen LogP contribution in [0.2, 0.25) is 0 Å². The van der Waals surface area contributed by atoms with Gasteiger partial charge in [0.05, 0.1) is 0 Å². The molecule has 2 unspecified atom stereocenters. The van der Waals surface area contributed by atoms with E-state index in [1.54, 1.807) is 6.92 Å². The van der Waals surface area contributed by atoms with Crippen molar-refractivity contribution < 1.29 is 19.8 Å². The molecule has 0 radical (unpaired) electrons. The van der Waals surface area contributed by atoms with Crippen LogP contribution in [0.4, 0.5) is 0 Å². The van der Waals surface area contributed by atoms with E-state index in [0.29, 0.717) is 0 Å². The lowest BCUT2D eigenvalue weighted by Crippen LogP contribution is -2.43. The van der Waals surface area contributed by atoms with E-state index in [0.717, 1.165) is 5.06 Å². The molecule has 0 aromatic rings. The molecule has 0 bridgehead atoms. The molecule has 0 aliphatic heterocycles. The number of carbonyl (C=O) groups excluding carboxylic acids is 1. The largest absolute Gasteiger partial charge is 0.438 e. The Bertz CT molecular complexity index is 215. The maximum Gasteiger partial charge on any atom is 0.334 e. The van der Waals surface area contributed by atoms with E-state index in [4.69, 9.17) is 4.74 Å². The standard InChI is InChI=1S/C9H17NO4/c1-5-10(13)8(7(4)11)14-9(12)6(2)3/h7-8,11,13H,2,5H2,1,3-4H3. The van der Waals surface area contributed by atoms with Crippen LogP contribution in [0.1, 0.15) is 20.8 Å². The first-order chi connectivity index (χ1) is 6.40. The Morgan fingerprint density at radius 1 is 1.64 bits per heavy atom. The first-order valence-electron chi connectivity index (χ1n) is 4.40. The van der Waals surface area contributed by atoms with Gasteiger partial charge in [-0.05, 0) is 20.8 Å². The van der Waals surface area contributed by atoms with Crippen molar-refractivity contribution in [2.75, 3.05) is 6.54 Å². The van der Waals surface area contributed by atoms with Crippen molar-refractivity contribution in [1.29, 1.82) is 0 Å². The second kappa shape index (κ2) is 5.74. The van der Waals surface area contributed by atoms with Crippen LogP contribution >= 0.6 is 0 Å². The van der Waals surface area contributed by atoms with Gasteiger partial charge in [-0.25, -0.2) is 4.79 Å². The second-order valence-corrected chi connectivity index (χ2v) is 3.07. The van der Waals surface area contributed by atoms with Crippen LogP contribution in [0.25, 0.3) is 0 Å². The van der Waals surface area contributed by atoms with E-state index in [1.807, 2.05) is 0 Å². The van der Waals surface area contributed by atoms with Gasteiger partial charge in [0.15, 0.2) is 0 Å². The molecule has 2 N–H and O–H groups in total. The van der Waals surface area contributed by atoms with E-state index in [9.17, 15) is 15.1 Å². The number of aliphatic hydroxyl groups is 1. The summed E-state index contributed by atoms with van der Waals surface area (Å²) < 4.78 is 4.81. The van der Waals surface area contributed by atoms with Crippen LogP contribution in [0.5, 0.6) is 0 Å². The fourth-order valence-corrected chi connectivity index (χ4v) is 0.799. The number of carbonyl (C=O) groups is 1. The minimum atomic E-state index is -1.05. The van der Waals surface area contributed by atoms with Crippen molar-refractivity contribution in [3.05, 3.63) is 12.2 Å². The third-order valence-electron chi connectivity index (χ3n) is 1.61. The fourth-order valence-electron chi connectivity index (χ4n) is 0.799. The highest BCUT2D eigenvalue weighted by Crippen LogP contribution is 2.06. The molecule has 0 amide bonds. The van der Waals surface area contributed by atoms with Gasteiger partial charge in [-0.3, -0.25) is 0 Å². The van der Waals surface area contributed by atoms with Crippen LogP contribution in [0, 0.1) is 0 Å². The van der Waals surface area contributed by atoms with Crippen molar-refractivity contribution in [1.82, 2.24) is 5.06 Å². The number of nitrogens with zero attached hydrogens (tertiary/aromatic N) is 1. The van der Waals surface area contributed by atoms with Gasteiger partial charge in [-0.15, -0.1) is 0 Å². The maximum absolute atomic E-state index is 11.1. The van der Waals surface area contributed by atoms with Crippen molar-refractivity contribution in [2.24, 2.45) is 0 Å². The summed E-state index contributed by atoms with van der Waals surface area (Å²) in [6.07, 6.45) is -2.02. The van der Waals surface area contributed by atoms with Gasteiger partial charge in [0.1, 0.15) is 6.10 Å². The third-order valence-corrected chi connectivity index (χ3v) is 1.61. The number of hydroxylamine groups is 2. The van der Waals surface area contributed by atoms with E-state index >= 15 is 0 Å². The predicted octanol–water partition coefficient (Wildman–Crippen LogP) is 0.524. The number of hydrogen-bond donors (Lipinski definition) is 2. The van der Waals surface area contributed by atoms with Crippen LogP contribution < -0.4 is 0 Å². The van der Waals surface area contributed by atoms with E-state index in [2.05, 4.69) is 6.58 Å². The molecule has 0 fully saturated rings. The number of hydrogen-bond acceptors (Lipinski definition) is 5. The normalized spacial score (nSPS) is 15.0. The Hall–Kier alpha value is -0.910. The lowest BCUT2D eigenvalue weighted by Gasteiger charge is -2.26. The van der Waals surface area contributed by atoms with Gasteiger partial charge < -0.3 is 15.1 Å². The summed E-state index contributed by atoms with van der Waals surface area (Å²) in [7, 11) is 0. The van der Waals surface area contributed by atoms with Gasteiger partial charge in [0.2, 0.25) is 6.23 Å². The fraction of sp³-hybridized carbons (Fsp3) is 0.667. The van der Waals surface area contributed by atoms with Crippen LogP contribution in [-0.4, -0.2) is 40.2 Å². The molecule has 0 aliphatic carbocycles. The lowest BCUT2D eigenvalue weighted by atomic mass is 10.3. The van der Waals surface area contributed by atoms with Gasteiger partial charge in [0, 0.05) is 12.1 Å². The summed E-state index contributed by atoms with van der Waals surface area (Å²) in [6, 6.07) is 0. The minimum Gasteiger partial charge on any atom is -0.438 e. The smallest absolute Gasteiger partial charge is 0.334 e. The number of esters is 1. The van der Waals surface area contributed by atoms with Crippen molar-refractivity contribution in [3.8, 4) is 0 Å². The number of likely N-dealkylation sites (N-methyl/N-ethyl adjacent to an activating group) is 1. The average Bonchev–Trinajstić information content (AvgIpc) is 2.11. The zero-order chi connectivity index (χ0) is 11.3. The van der Waals surface area contributed by atoms with Crippen LogP contribution in [0.3, 0.4) is 0 Å². The summed E-state index contributed by atoms with van der Waals surface area (Å²) in [5.41, 5.74) is 0.222. The highest BCUT2D eigenvalue weighted by atomic mass is 16.6. The maximum atomic E-state index is 11.1. The summed E-state index contributed by atoms with van der Waals surface area (Å²) >= 11 is 0.